The van der Waals surface area contributed by atoms with Crippen molar-refractivity contribution in [1.82, 2.24) is 10.4 Å². The molecule has 2 N–H and O–H groups in total. The second-order valence-electron chi connectivity index (χ2n) is 8.99. The van der Waals surface area contributed by atoms with Crippen LogP contribution in [0.3, 0.4) is 0 Å². The molecule has 2 aromatic carbocycles. The van der Waals surface area contributed by atoms with Gasteiger partial charge in [0.05, 0.1) is 19.9 Å². The van der Waals surface area contributed by atoms with Crippen LogP contribution in [0.5, 0.6) is 11.5 Å². The summed E-state index contributed by atoms with van der Waals surface area (Å²) >= 11 is 0. The Morgan fingerprint density at radius 2 is 1.94 bits per heavy atom. The Morgan fingerprint density at radius 3 is 2.67 bits per heavy atom. The van der Waals surface area contributed by atoms with Crippen LogP contribution in [0.25, 0.3) is 0 Å². The van der Waals surface area contributed by atoms with E-state index in [4.69, 9.17) is 19.0 Å². The number of carbonyl (C=O) groups is 1. The zero-order valence-corrected chi connectivity index (χ0v) is 20.7. The topological polar surface area (TPSA) is 96.9 Å². The van der Waals surface area contributed by atoms with E-state index in [0.717, 1.165) is 60.9 Å². The molecule has 1 fully saturated rings. The van der Waals surface area contributed by atoms with E-state index < -0.39 is 6.10 Å². The van der Waals surface area contributed by atoms with Crippen molar-refractivity contribution in [2.75, 3.05) is 57.7 Å². The van der Waals surface area contributed by atoms with Gasteiger partial charge < -0.3 is 34.2 Å². The number of amides is 1. The normalized spacial score (nSPS) is 20.5. The molecule has 3 heterocycles. The molecule has 5 rings (SSSR count). The number of nitrogens with one attached hydrogen (secondary N) is 2. The molecular formula is C26H31N5O5. The van der Waals surface area contributed by atoms with E-state index in [1.807, 2.05) is 36.4 Å². The number of aryl methyl sites for hydroxylation is 1. The number of fused-ring (bicyclic) bond motifs is 1. The molecular weight excluding hydrogens is 462 g/mol. The summed E-state index contributed by atoms with van der Waals surface area (Å²) in [6.45, 7) is 3.75. The molecule has 10 nitrogen and oxygen atoms in total. The highest BCUT2D eigenvalue weighted by Gasteiger charge is 2.31. The number of likely N-dealkylation sites (N-methyl/N-ethyl adjacent to an activating group) is 1. The number of benzene rings is 2. The van der Waals surface area contributed by atoms with Crippen molar-refractivity contribution in [2.45, 2.75) is 18.9 Å². The molecule has 1 atom stereocenters. The minimum Gasteiger partial charge on any atom is -0.499 e. The maximum Gasteiger partial charge on any atom is 0.282 e. The first-order valence-electron chi connectivity index (χ1n) is 12.0. The highest BCUT2D eigenvalue weighted by atomic mass is 16.7. The van der Waals surface area contributed by atoms with Crippen molar-refractivity contribution < 1.29 is 23.8 Å². The van der Waals surface area contributed by atoms with Crippen LogP contribution < -0.4 is 25.2 Å². The van der Waals surface area contributed by atoms with Crippen molar-refractivity contribution in [3.63, 3.8) is 0 Å². The number of anilines is 2. The third-order valence-electron chi connectivity index (χ3n) is 6.55. The van der Waals surface area contributed by atoms with Crippen molar-refractivity contribution in [1.29, 1.82) is 0 Å². The van der Waals surface area contributed by atoms with Gasteiger partial charge in [0.1, 0.15) is 17.8 Å². The lowest BCUT2D eigenvalue weighted by Gasteiger charge is -2.37. The molecule has 0 spiro atoms. The predicted octanol–water partition coefficient (Wildman–Crippen LogP) is 2.51. The van der Waals surface area contributed by atoms with Gasteiger partial charge >= 0.3 is 0 Å². The highest BCUT2D eigenvalue weighted by Crippen LogP contribution is 2.41. The van der Waals surface area contributed by atoms with Gasteiger partial charge in [-0.05, 0) is 50.2 Å². The van der Waals surface area contributed by atoms with Crippen molar-refractivity contribution >= 4 is 23.1 Å². The number of aliphatic imine (C=N–C) groups is 1. The maximum absolute atomic E-state index is 13.1. The Hall–Kier alpha value is -3.92. The summed E-state index contributed by atoms with van der Waals surface area (Å²) in [7, 11) is 5.33. The summed E-state index contributed by atoms with van der Waals surface area (Å²) in [5.74, 6) is 2.33. The standard InChI is InChI=1S/C26H31N5O5/c1-30-10-12-31(13-11-30)21-15-20(34-3)14-18-6-9-22(35-24(18)21)26(32)27-19-7-4-17(5-8-19)25-28-23(16-33-2)36-29-25/h4-5,7-8,14-16,22H,6,9-13H2,1-3H3,(H,27,32)(H,28,29). The first-order valence-corrected chi connectivity index (χ1v) is 12.0. The average Bonchev–Trinajstić information content (AvgIpc) is 3.37. The van der Waals surface area contributed by atoms with Gasteiger partial charge in [-0.1, -0.05) is 0 Å². The lowest BCUT2D eigenvalue weighted by molar-refractivity contribution is -0.123. The summed E-state index contributed by atoms with van der Waals surface area (Å²) in [4.78, 5) is 27.3. The minimum absolute atomic E-state index is 0.168. The van der Waals surface area contributed by atoms with Gasteiger partial charge in [0.25, 0.3) is 11.8 Å². The van der Waals surface area contributed by atoms with Crippen molar-refractivity contribution in [3.05, 3.63) is 59.7 Å². The third-order valence-corrected chi connectivity index (χ3v) is 6.55. The molecule has 0 radical (unpaired) electrons. The summed E-state index contributed by atoms with van der Waals surface area (Å²) in [5, 5.41) is 2.98. The quantitative estimate of drug-likeness (QED) is 0.593. The number of ether oxygens (including phenoxy) is 3. The molecule has 1 amide bonds. The number of piperazine rings is 1. The lowest BCUT2D eigenvalue weighted by atomic mass is 9.99. The SMILES string of the molecule is COC=C1N=C(c2ccc(NC(=O)C3CCc4cc(OC)cc(N5CCN(C)CC5)c4O3)cc2)NO1. The predicted molar refractivity (Wildman–Crippen MR) is 136 cm³/mol. The summed E-state index contributed by atoms with van der Waals surface area (Å²) in [6.07, 6.45) is 2.17. The number of carbonyl (C=O) groups excluding carboxylic acids is 1. The van der Waals surface area contributed by atoms with Gasteiger partial charge in [0, 0.05) is 49.1 Å². The van der Waals surface area contributed by atoms with Crippen LogP contribution >= 0.6 is 0 Å². The summed E-state index contributed by atoms with van der Waals surface area (Å²) in [6, 6.07) is 11.4. The molecule has 2 aromatic rings. The number of hydroxylamine groups is 1. The Morgan fingerprint density at radius 1 is 1.17 bits per heavy atom. The third kappa shape index (κ3) is 5.03. The van der Waals surface area contributed by atoms with Crippen molar-refractivity contribution in [2.24, 2.45) is 4.99 Å². The molecule has 190 valence electrons. The van der Waals surface area contributed by atoms with Crippen LogP contribution in [0.15, 0.2) is 53.5 Å². The second kappa shape index (κ2) is 10.4. The van der Waals surface area contributed by atoms with Gasteiger partial charge in [-0.15, -0.1) is 0 Å². The van der Waals surface area contributed by atoms with E-state index in [1.54, 1.807) is 7.11 Å². The van der Waals surface area contributed by atoms with Gasteiger partial charge in [-0.2, -0.15) is 4.99 Å². The molecule has 10 heteroatoms. The molecule has 3 aliphatic rings. The van der Waals surface area contributed by atoms with Gasteiger partial charge in [0.2, 0.25) is 0 Å². The van der Waals surface area contributed by atoms with Gasteiger partial charge in [-0.25, -0.2) is 5.48 Å². The van der Waals surface area contributed by atoms with Crippen LogP contribution in [0.1, 0.15) is 17.5 Å². The molecule has 0 bridgehead atoms. The average molecular weight is 494 g/mol. The van der Waals surface area contributed by atoms with Crippen LogP contribution in [0.2, 0.25) is 0 Å². The molecule has 1 unspecified atom stereocenters. The molecule has 0 saturated carbocycles. The molecule has 0 aromatic heterocycles. The minimum atomic E-state index is -0.576. The smallest absolute Gasteiger partial charge is 0.282 e. The van der Waals surface area contributed by atoms with Crippen LogP contribution in [-0.2, 0) is 20.8 Å². The zero-order chi connectivity index (χ0) is 25.1. The number of hydrogen-bond donors (Lipinski definition) is 2. The van der Waals surface area contributed by atoms with Gasteiger partial charge in [0.15, 0.2) is 11.9 Å². The van der Waals surface area contributed by atoms with Crippen LogP contribution in [0, 0.1) is 0 Å². The summed E-state index contributed by atoms with van der Waals surface area (Å²) in [5.41, 5.74) is 6.32. The number of methoxy groups -OCH3 is 2. The van der Waals surface area contributed by atoms with E-state index in [1.165, 1.54) is 13.4 Å². The number of amidine groups is 1. The molecule has 1 saturated heterocycles. The van der Waals surface area contributed by atoms with E-state index in [2.05, 4.69) is 32.6 Å². The Bertz CT molecular complexity index is 1170. The van der Waals surface area contributed by atoms with E-state index in [9.17, 15) is 4.79 Å². The fourth-order valence-electron chi connectivity index (χ4n) is 4.50. The zero-order valence-electron chi connectivity index (χ0n) is 20.7. The lowest BCUT2D eigenvalue weighted by Crippen LogP contribution is -2.45. The first-order chi connectivity index (χ1) is 17.5. The summed E-state index contributed by atoms with van der Waals surface area (Å²) < 4.78 is 16.8. The molecule has 3 aliphatic heterocycles. The van der Waals surface area contributed by atoms with E-state index in [-0.39, 0.29) is 5.91 Å². The Balaban J connectivity index is 1.28. The second-order valence-corrected chi connectivity index (χ2v) is 8.99. The first kappa shape index (κ1) is 23.8. The van der Waals surface area contributed by atoms with Gasteiger partial charge in [-0.3, -0.25) is 4.79 Å². The Labute approximate surface area is 210 Å². The highest BCUT2D eigenvalue weighted by molar-refractivity contribution is 6.00. The molecule has 36 heavy (non-hydrogen) atoms. The number of hydrogen-bond acceptors (Lipinski definition) is 9. The van der Waals surface area contributed by atoms with E-state index >= 15 is 0 Å². The van der Waals surface area contributed by atoms with Crippen LogP contribution in [-0.4, -0.2) is 70.2 Å². The van der Waals surface area contributed by atoms with Crippen molar-refractivity contribution in [3.8, 4) is 11.5 Å². The number of rotatable bonds is 6. The molecule has 0 aliphatic carbocycles. The maximum atomic E-state index is 13.1. The Kier molecular flexibility index (Phi) is 6.86. The van der Waals surface area contributed by atoms with Crippen LogP contribution in [0.4, 0.5) is 11.4 Å². The monoisotopic (exact) mass is 493 g/mol. The largest absolute Gasteiger partial charge is 0.499 e. The fraction of sp³-hybridized carbons (Fsp3) is 0.385. The van der Waals surface area contributed by atoms with E-state index in [0.29, 0.717) is 23.8 Å². The fourth-order valence-corrected chi connectivity index (χ4v) is 4.50. The number of nitrogens with zero attached hydrogens (tertiary/aromatic N) is 3.